The number of nitrogens with one attached hydrogen (secondary N) is 2. The fourth-order valence-corrected chi connectivity index (χ4v) is 1.77. The van der Waals surface area contributed by atoms with Crippen LogP contribution < -0.4 is 5.32 Å². The van der Waals surface area contributed by atoms with Gasteiger partial charge in [0.05, 0.1) is 5.69 Å². The van der Waals surface area contributed by atoms with Crippen LogP contribution in [0, 0.1) is 11.6 Å². The van der Waals surface area contributed by atoms with Gasteiger partial charge in [0.25, 0.3) is 5.91 Å². The molecule has 110 valence electrons. The number of carbonyl (C=O) groups excluding carboxylic acids is 1. The van der Waals surface area contributed by atoms with Crippen LogP contribution in [-0.4, -0.2) is 26.1 Å². The fourth-order valence-electron chi connectivity index (χ4n) is 1.77. The highest BCUT2D eigenvalue weighted by Gasteiger charge is 2.13. The van der Waals surface area contributed by atoms with Crippen molar-refractivity contribution >= 4 is 11.9 Å². The summed E-state index contributed by atoms with van der Waals surface area (Å²) < 4.78 is 26.1. The Hall–Kier alpha value is -3.16. The van der Waals surface area contributed by atoms with Crippen LogP contribution in [0.2, 0.25) is 0 Å². The summed E-state index contributed by atoms with van der Waals surface area (Å²) >= 11 is 0. The lowest BCUT2D eigenvalue weighted by Gasteiger charge is -1.99. The Bertz CT molecular complexity index is 819. The number of anilines is 1. The van der Waals surface area contributed by atoms with Gasteiger partial charge >= 0.3 is 0 Å². The van der Waals surface area contributed by atoms with Crippen molar-refractivity contribution in [3.63, 3.8) is 0 Å². The summed E-state index contributed by atoms with van der Waals surface area (Å²) in [7, 11) is 0. The molecule has 3 aromatic rings. The molecule has 0 saturated carbocycles. The molecule has 22 heavy (non-hydrogen) atoms. The van der Waals surface area contributed by atoms with Gasteiger partial charge in [-0.25, -0.2) is 18.7 Å². The lowest BCUT2D eigenvalue weighted by atomic mass is 10.1. The number of amides is 1. The normalized spacial score (nSPS) is 10.5. The van der Waals surface area contributed by atoms with Crippen molar-refractivity contribution < 1.29 is 13.6 Å². The number of hydrogen-bond acceptors (Lipinski definition) is 4. The summed E-state index contributed by atoms with van der Waals surface area (Å²) in [6.07, 6.45) is 2.98. The molecule has 0 aliphatic carbocycles. The van der Waals surface area contributed by atoms with Crippen molar-refractivity contribution in [2.45, 2.75) is 0 Å². The minimum absolute atomic E-state index is 0.146. The quantitative estimate of drug-likeness (QED) is 0.778. The highest BCUT2D eigenvalue weighted by atomic mass is 19.2. The van der Waals surface area contributed by atoms with E-state index in [2.05, 4.69) is 25.5 Å². The van der Waals surface area contributed by atoms with E-state index in [0.717, 1.165) is 12.1 Å². The lowest BCUT2D eigenvalue weighted by Crippen LogP contribution is -2.14. The van der Waals surface area contributed by atoms with Gasteiger partial charge in [0.15, 0.2) is 11.6 Å². The lowest BCUT2D eigenvalue weighted by molar-refractivity contribution is 0.102. The van der Waals surface area contributed by atoms with E-state index >= 15 is 0 Å². The first-order valence-corrected chi connectivity index (χ1v) is 6.22. The Morgan fingerprint density at radius 1 is 1.09 bits per heavy atom. The van der Waals surface area contributed by atoms with Crippen LogP contribution in [0.3, 0.4) is 0 Å². The molecule has 8 heteroatoms. The largest absolute Gasteiger partial charge is 0.289 e. The number of aromatic nitrogens is 4. The number of rotatable bonds is 3. The van der Waals surface area contributed by atoms with Crippen molar-refractivity contribution in [3.8, 4) is 11.3 Å². The molecule has 0 bridgehead atoms. The number of halogens is 2. The van der Waals surface area contributed by atoms with Gasteiger partial charge in [0, 0.05) is 18.0 Å². The van der Waals surface area contributed by atoms with E-state index in [1.807, 2.05) is 0 Å². The van der Waals surface area contributed by atoms with Gasteiger partial charge in [0.1, 0.15) is 5.69 Å². The summed E-state index contributed by atoms with van der Waals surface area (Å²) in [5.74, 6) is -2.27. The van der Waals surface area contributed by atoms with Gasteiger partial charge < -0.3 is 0 Å². The van der Waals surface area contributed by atoms with E-state index < -0.39 is 17.5 Å². The minimum atomic E-state index is -0.982. The van der Waals surface area contributed by atoms with Crippen molar-refractivity contribution in [2.24, 2.45) is 0 Å². The zero-order valence-electron chi connectivity index (χ0n) is 11.0. The molecule has 3 rings (SSSR count). The minimum Gasteiger partial charge on any atom is -0.289 e. The van der Waals surface area contributed by atoms with Gasteiger partial charge in [-0.3, -0.25) is 15.2 Å². The first-order valence-electron chi connectivity index (χ1n) is 6.22. The topological polar surface area (TPSA) is 83.6 Å². The predicted octanol–water partition coefficient (Wildman–Crippen LogP) is 2.40. The van der Waals surface area contributed by atoms with Crippen molar-refractivity contribution in [2.75, 3.05) is 5.32 Å². The SMILES string of the molecule is O=C(Nc1ncccn1)c1cc(-c2ccc(F)c(F)c2)n[nH]1. The van der Waals surface area contributed by atoms with Gasteiger partial charge in [-0.1, -0.05) is 0 Å². The van der Waals surface area contributed by atoms with Gasteiger partial charge in [-0.05, 0) is 30.3 Å². The molecule has 0 saturated heterocycles. The first-order chi connectivity index (χ1) is 10.6. The number of hydrogen-bond donors (Lipinski definition) is 2. The molecule has 2 heterocycles. The van der Waals surface area contributed by atoms with Gasteiger partial charge in [0.2, 0.25) is 5.95 Å². The molecule has 0 atom stereocenters. The van der Waals surface area contributed by atoms with Crippen LogP contribution in [0.5, 0.6) is 0 Å². The Kier molecular flexibility index (Phi) is 3.57. The van der Waals surface area contributed by atoms with E-state index in [9.17, 15) is 13.6 Å². The second-order valence-corrected chi connectivity index (χ2v) is 4.32. The van der Waals surface area contributed by atoms with E-state index in [1.165, 1.54) is 24.5 Å². The maximum atomic E-state index is 13.2. The predicted molar refractivity (Wildman–Crippen MR) is 73.9 cm³/mol. The molecule has 0 fully saturated rings. The molecule has 1 amide bonds. The smallest absolute Gasteiger partial charge is 0.276 e. The third kappa shape index (κ3) is 2.80. The molecule has 0 radical (unpaired) electrons. The van der Waals surface area contributed by atoms with Crippen molar-refractivity contribution in [1.29, 1.82) is 0 Å². The summed E-state index contributed by atoms with van der Waals surface area (Å²) in [5, 5.41) is 8.91. The van der Waals surface area contributed by atoms with Crippen molar-refractivity contribution in [1.82, 2.24) is 20.2 Å². The van der Waals surface area contributed by atoms with Gasteiger partial charge in [-0.2, -0.15) is 5.10 Å². The number of benzene rings is 1. The molecule has 0 spiro atoms. The Balaban J connectivity index is 1.81. The summed E-state index contributed by atoms with van der Waals surface area (Å²) in [4.78, 5) is 19.7. The average molecular weight is 301 g/mol. The molecular weight excluding hydrogens is 292 g/mol. The second-order valence-electron chi connectivity index (χ2n) is 4.32. The van der Waals surface area contributed by atoms with E-state index in [0.29, 0.717) is 11.3 Å². The molecule has 0 unspecified atom stereocenters. The summed E-state index contributed by atoms with van der Waals surface area (Å²) in [6.45, 7) is 0. The summed E-state index contributed by atoms with van der Waals surface area (Å²) in [6, 6.07) is 6.42. The Morgan fingerprint density at radius 3 is 2.59 bits per heavy atom. The maximum absolute atomic E-state index is 13.2. The Labute approximate surface area is 123 Å². The van der Waals surface area contributed by atoms with Crippen LogP contribution in [0.25, 0.3) is 11.3 Å². The maximum Gasteiger partial charge on any atom is 0.276 e. The third-order valence-electron chi connectivity index (χ3n) is 2.83. The second kappa shape index (κ2) is 5.68. The molecule has 0 aliphatic rings. The van der Waals surface area contributed by atoms with E-state index in [4.69, 9.17) is 0 Å². The number of carbonyl (C=O) groups is 1. The molecule has 6 nitrogen and oxygen atoms in total. The van der Waals surface area contributed by atoms with Crippen LogP contribution in [0.15, 0.2) is 42.7 Å². The van der Waals surface area contributed by atoms with Crippen LogP contribution in [0.1, 0.15) is 10.5 Å². The number of aromatic amines is 1. The zero-order chi connectivity index (χ0) is 15.5. The molecule has 2 aromatic heterocycles. The molecular formula is C14H9F2N5O. The van der Waals surface area contributed by atoms with Crippen LogP contribution in [-0.2, 0) is 0 Å². The van der Waals surface area contributed by atoms with Crippen molar-refractivity contribution in [3.05, 3.63) is 60.1 Å². The highest BCUT2D eigenvalue weighted by Crippen LogP contribution is 2.20. The van der Waals surface area contributed by atoms with E-state index in [-0.39, 0.29) is 11.6 Å². The van der Waals surface area contributed by atoms with Crippen LogP contribution >= 0.6 is 0 Å². The fraction of sp³-hybridized carbons (Fsp3) is 0. The van der Waals surface area contributed by atoms with Gasteiger partial charge in [-0.15, -0.1) is 0 Å². The zero-order valence-corrected chi connectivity index (χ0v) is 11.0. The monoisotopic (exact) mass is 301 g/mol. The molecule has 1 aromatic carbocycles. The highest BCUT2D eigenvalue weighted by molar-refractivity contribution is 6.02. The summed E-state index contributed by atoms with van der Waals surface area (Å²) in [5.41, 5.74) is 0.815. The average Bonchev–Trinajstić information content (AvgIpc) is 3.01. The number of nitrogens with zero attached hydrogens (tertiary/aromatic N) is 3. The molecule has 2 N–H and O–H groups in total. The van der Waals surface area contributed by atoms with E-state index in [1.54, 1.807) is 6.07 Å². The standard InChI is InChI=1S/C14H9F2N5O/c15-9-3-2-8(6-10(9)16)11-7-12(21-20-11)13(22)19-14-17-4-1-5-18-14/h1-7H,(H,20,21)(H,17,18,19,22). The third-order valence-corrected chi connectivity index (χ3v) is 2.83. The number of H-pyrrole nitrogens is 1. The molecule has 0 aliphatic heterocycles. The van der Waals surface area contributed by atoms with Crippen LogP contribution in [0.4, 0.5) is 14.7 Å². The first kappa shape index (κ1) is 13.8. The Morgan fingerprint density at radius 2 is 1.86 bits per heavy atom.